The predicted octanol–water partition coefficient (Wildman–Crippen LogP) is 6.51. The van der Waals surface area contributed by atoms with Crippen LogP contribution < -0.4 is 4.90 Å². The number of hydrogen-bond donors (Lipinski definition) is 1. The first-order chi connectivity index (χ1) is 16.2. The minimum atomic E-state index is -1.11. The summed E-state index contributed by atoms with van der Waals surface area (Å²) in [5, 5.41) is 11.6. The molecule has 3 aromatic carbocycles. The Balaban J connectivity index is 1.74. The van der Waals surface area contributed by atoms with Gasteiger partial charge in [-0.05, 0) is 60.2 Å². The van der Waals surface area contributed by atoms with Crippen LogP contribution in [0.4, 0.5) is 13.9 Å². The monoisotopic (exact) mass is 516 g/mol. The van der Waals surface area contributed by atoms with E-state index in [1.807, 2.05) is 0 Å². The molecule has 10 heteroatoms. The number of amides is 1. The normalized spacial score (nSPS) is 17.6. The molecule has 0 radical (unpaired) electrons. The Morgan fingerprint density at radius 2 is 1.65 bits per heavy atom. The van der Waals surface area contributed by atoms with E-state index in [1.165, 1.54) is 42.5 Å². The quantitative estimate of drug-likeness (QED) is 0.191. The van der Waals surface area contributed by atoms with E-state index in [0.717, 1.165) is 28.4 Å². The highest BCUT2D eigenvalue weighted by molar-refractivity contribution is 7.22. The lowest BCUT2D eigenvalue weighted by atomic mass is 9.95. The van der Waals surface area contributed by atoms with E-state index in [4.69, 9.17) is 23.2 Å². The number of halogens is 4. The number of carbonyl (C=O) groups is 2. The SMILES string of the molecule is O=C1C(=O)N(c2nc3ccc(F)cc3s2)C(c2ccc(Cl)c(Cl)c2)C1=C(O)c1ccc(F)cc1. The van der Waals surface area contributed by atoms with Crippen LogP contribution in [-0.2, 0) is 9.59 Å². The number of fused-ring (bicyclic) bond motifs is 1. The maximum absolute atomic E-state index is 13.7. The Kier molecular flexibility index (Phi) is 5.59. The number of aliphatic hydroxyl groups is 1. The predicted molar refractivity (Wildman–Crippen MR) is 127 cm³/mol. The van der Waals surface area contributed by atoms with Gasteiger partial charge < -0.3 is 5.11 Å². The highest BCUT2D eigenvalue weighted by atomic mass is 35.5. The average molecular weight is 517 g/mol. The summed E-state index contributed by atoms with van der Waals surface area (Å²) >= 11 is 13.3. The van der Waals surface area contributed by atoms with Gasteiger partial charge in [0.25, 0.3) is 5.78 Å². The molecule has 1 fully saturated rings. The van der Waals surface area contributed by atoms with E-state index < -0.39 is 35.1 Å². The molecule has 1 aliphatic heterocycles. The van der Waals surface area contributed by atoms with Gasteiger partial charge in [0, 0.05) is 5.56 Å². The number of rotatable bonds is 3. The second-order valence-electron chi connectivity index (χ2n) is 7.46. The fourth-order valence-corrected chi connectivity index (χ4v) is 5.10. The van der Waals surface area contributed by atoms with Crippen molar-refractivity contribution >= 4 is 67.3 Å². The average Bonchev–Trinajstić information content (AvgIpc) is 3.33. The summed E-state index contributed by atoms with van der Waals surface area (Å²) in [4.78, 5) is 31.9. The van der Waals surface area contributed by atoms with Crippen LogP contribution in [0.2, 0.25) is 10.0 Å². The van der Waals surface area contributed by atoms with Gasteiger partial charge in [0.2, 0.25) is 0 Å². The molecule has 5 rings (SSSR count). The summed E-state index contributed by atoms with van der Waals surface area (Å²) in [6.07, 6.45) is 0. The highest BCUT2D eigenvalue weighted by Crippen LogP contribution is 2.45. The smallest absolute Gasteiger partial charge is 0.301 e. The van der Waals surface area contributed by atoms with Crippen molar-refractivity contribution in [1.29, 1.82) is 0 Å². The van der Waals surface area contributed by atoms with Crippen molar-refractivity contribution in [1.82, 2.24) is 4.98 Å². The van der Waals surface area contributed by atoms with Crippen LogP contribution in [0, 0.1) is 11.6 Å². The number of aliphatic hydroxyl groups excluding tert-OH is 1. The van der Waals surface area contributed by atoms with Crippen molar-refractivity contribution in [3.63, 3.8) is 0 Å². The number of anilines is 1. The molecule has 1 aromatic heterocycles. The van der Waals surface area contributed by atoms with E-state index in [9.17, 15) is 23.5 Å². The molecule has 170 valence electrons. The van der Waals surface area contributed by atoms with Gasteiger partial charge in [-0.1, -0.05) is 40.6 Å². The summed E-state index contributed by atoms with van der Waals surface area (Å²) < 4.78 is 27.6. The molecule has 1 aliphatic rings. The third-order valence-corrected chi connectivity index (χ3v) is 7.12. The number of carbonyl (C=O) groups excluding carboxylic acids is 2. The van der Waals surface area contributed by atoms with E-state index in [0.29, 0.717) is 15.8 Å². The molecular weight excluding hydrogens is 505 g/mol. The lowest BCUT2D eigenvalue weighted by Gasteiger charge is -2.23. The summed E-state index contributed by atoms with van der Waals surface area (Å²) in [7, 11) is 0. The van der Waals surface area contributed by atoms with Gasteiger partial charge >= 0.3 is 5.91 Å². The Labute approximate surface area is 205 Å². The molecule has 0 bridgehead atoms. The number of thiazole rings is 1. The van der Waals surface area contributed by atoms with Crippen LogP contribution >= 0.6 is 34.5 Å². The first-order valence-corrected chi connectivity index (χ1v) is 11.4. The van der Waals surface area contributed by atoms with Crippen LogP contribution in [0.15, 0.2) is 66.2 Å². The zero-order valence-electron chi connectivity index (χ0n) is 16.9. The maximum atomic E-state index is 13.7. The minimum Gasteiger partial charge on any atom is -0.507 e. The van der Waals surface area contributed by atoms with Crippen LogP contribution in [0.5, 0.6) is 0 Å². The van der Waals surface area contributed by atoms with E-state index in [-0.39, 0.29) is 26.3 Å². The lowest BCUT2D eigenvalue weighted by molar-refractivity contribution is -0.132. The molecule has 0 spiro atoms. The van der Waals surface area contributed by atoms with Gasteiger partial charge in [-0.15, -0.1) is 0 Å². The molecule has 34 heavy (non-hydrogen) atoms. The van der Waals surface area contributed by atoms with Crippen molar-refractivity contribution in [3.05, 3.63) is 99.0 Å². The van der Waals surface area contributed by atoms with Crippen LogP contribution in [0.3, 0.4) is 0 Å². The summed E-state index contributed by atoms with van der Waals surface area (Å²) in [6.45, 7) is 0. The Bertz CT molecular complexity index is 1520. The standard InChI is InChI=1S/C24H12Cl2F2N2O3S/c25-15-7-3-12(9-16(15)26)20-19(21(31)11-1-4-13(27)5-2-11)22(32)23(33)30(20)24-29-17-8-6-14(28)10-18(17)34-24/h1-10,20,31H. The van der Waals surface area contributed by atoms with Crippen molar-refractivity contribution < 1.29 is 23.5 Å². The molecule has 1 saturated heterocycles. The van der Waals surface area contributed by atoms with Crippen molar-refractivity contribution in [3.8, 4) is 0 Å². The van der Waals surface area contributed by atoms with E-state index >= 15 is 0 Å². The number of Topliss-reactive ketones (excluding diaryl/α,β-unsaturated/α-hetero) is 1. The summed E-state index contributed by atoms with van der Waals surface area (Å²) in [5.41, 5.74) is 0.758. The number of hydrogen-bond acceptors (Lipinski definition) is 5. The Hall–Kier alpha value is -3.33. The number of aromatic nitrogens is 1. The second kappa shape index (κ2) is 8.47. The molecule has 2 heterocycles. The molecule has 0 saturated carbocycles. The number of benzene rings is 3. The number of nitrogens with zero attached hydrogens (tertiary/aromatic N) is 2. The van der Waals surface area contributed by atoms with Gasteiger partial charge in [-0.3, -0.25) is 14.5 Å². The summed E-state index contributed by atoms with van der Waals surface area (Å²) in [5.74, 6) is -3.37. The first-order valence-electron chi connectivity index (χ1n) is 9.82. The molecular formula is C24H12Cl2F2N2O3S. The Morgan fingerprint density at radius 1 is 0.941 bits per heavy atom. The fourth-order valence-electron chi connectivity index (χ4n) is 3.78. The van der Waals surface area contributed by atoms with Gasteiger partial charge in [0.15, 0.2) is 5.13 Å². The van der Waals surface area contributed by atoms with Crippen molar-refractivity contribution in [2.45, 2.75) is 6.04 Å². The highest BCUT2D eigenvalue weighted by Gasteiger charge is 2.48. The van der Waals surface area contributed by atoms with E-state index in [2.05, 4.69) is 4.98 Å². The Morgan fingerprint density at radius 3 is 2.35 bits per heavy atom. The van der Waals surface area contributed by atoms with Crippen LogP contribution in [0.1, 0.15) is 17.2 Å². The summed E-state index contributed by atoms with van der Waals surface area (Å²) in [6, 6.07) is 12.3. The van der Waals surface area contributed by atoms with E-state index in [1.54, 1.807) is 6.07 Å². The third-order valence-electron chi connectivity index (χ3n) is 5.37. The zero-order valence-corrected chi connectivity index (χ0v) is 19.3. The molecule has 0 aliphatic carbocycles. The largest absolute Gasteiger partial charge is 0.507 e. The first kappa shape index (κ1) is 22.5. The fraction of sp³-hybridized carbons (Fsp3) is 0.0417. The molecule has 5 nitrogen and oxygen atoms in total. The number of ketones is 1. The second-order valence-corrected chi connectivity index (χ2v) is 9.28. The molecule has 1 amide bonds. The third kappa shape index (κ3) is 3.73. The molecule has 4 aromatic rings. The van der Waals surface area contributed by atoms with Crippen LogP contribution in [0.25, 0.3) is 16.0 Å². The lowest BCUT2D eigenvalue weighted by Crippen LogP contribution is -2.29. The minimum absolute atomic E-state index is 0.136. The molecule has 1 unspecified atom stereocenters. The van der Waals surface area contributed by atoms with Crippen molar-refractivity contribution in [2.24, 2.45) is 0 Å². The van der Waals surface area contributed by atoms with Gasteiger partial charge in [0.1, 0.15) is 17.4 Å². The van der Waals surface area contributed by atoms with Gasteiger partial charge in [-0.2, -0.15) is 0 Å². The molecule has 1 atom stereocenters. The maximum Gasteiger partial charge on any atom is 0.301 e. The van der Waals surface area contributed by atoms with Gasteiger partial charge in [0.05, 0.1) is 31.9 Å². The van der Waals surface area contributed by atoms with Crippen molar-refractivity contribution in [2.75, 3.05) is 4.90 Å². The topological polar surface area (TPSA) is 70.5 Å². The van der Waals surface area contributed by atoms with Gasteiger partial charge in [-0.25, -0.2) is 13.8 Å². The molecule has 1 N–H and O–H groups in total. The zero-order chi connectivity index (χ0) is 24.1. The van der Waals surface area contributed by atoms with Crippen LogP contribution in [-0.4, -0.2) is 21.8 Å².